The molecule has 234 valence electrons. The maximum absolute atomic E-state index is 14.1. The summed E-state index contributed by atoms with van der Waals surface area (Å²) in [7, 11) is 0. The second kappa shape index (κ2) is 10.3. The highest BCUT2D eigenvalue weighted by molar-refractivity contribution is 5.82. The minimum atomic E-state index is -0.923. The Labute approximate surface area is 264 Å². The Morgan fingerprint density at radius 2 is 1.76 bits per heavy atom. The maximum atomic E-state index is 14.1. The number of hydrogen-bond donors (Lipinski definition) is 1. The van der Waals surface area contributed by atoms with E-state index in [0.717, 1.165) is 72.9 Å². The van der Waals surface area contributed by atoms with E-state index in [0.29, 0.717) is 26.0 Å². The van der Waals surface area contributed by atoms with Gasteiger partial charge in [-0.3, -0.25) is 9.69 Å². The number of halogens is 1. The quantitative estimate of drug-likeness (QED) is 0.370. The predicted molar refractivity (Wildman–Crippen MR) is 168 cm³/mol. The van der Waals surface area contributed by atoms with Crippen LogP contribution in [0, 0.1) is 17.7 Å². The number of nitrogens with zero attached hydrogens (tertiary/aromatic N) is 2. The fourth-order valence-corrected chi connectivity index (χ4v) is 9.80. The summed E-state index contributed by atoms with van der Waals surface area (Å²) in [5.74, 6) is 2.03. The summed E-state index contributed by atoms with van der Waals surface area (Å²) in [6.45, 7) is 3.12. The van der Waals surface area contributed by atoms with E-state index in [1.54, 1.807) is 12.1 Å². The second-order valence-electron chi connectivity index (χ2n) is 14.5. The number of carbonyl (C=O) groups is 1. The topological polar surface area (TPSA) is 62.2 Å². The van der Waals surface area contributed by atoms with Gasteiger partial charge in [-0.2, -0.15) is 0 Å². The third kappa shape index (κ3) is 4.22. The van der Waals surface area contributed by atoms with Gasteiger partial charge >= 0.3 is 0 Å². The van der Waals surface area contributed by atoms with Crippen LogP contribution in [0.2, 0.25) is 0 Å². The van der Waals surface area contributed by atoms with Gasteiger partial charge in [0.05, 0.1) is 17.1 Å². The van der Waals surface area contributed by atoms with Crippen molar-refractivity contribution < 1.29 is 23.8 Å². The van der Waals surface area contributed by atoms with E-state index in [4.69, 9.17) is 9.47 Å². The number of benzene rings is 3. The van der Waals surface area contributed by atoms with Crippen molar-refractivity contribution in [2.75, 3.05) is 19.6 Å². The summed E-state index contributed by atoms with van der Waals surface area (Å²) in [4.78, 5) is 18.7. The smallest absolute Gasteiger partial charge is 0.226 e. The lowest BCUT2D eigenvalue weighted by Gasteiger charge is -2.64. The van der Waals surface area contributed by atoms with Crippen LogP contribution in [-0.4, -0.2) is 64.2 Å². The van der Waals surface area contributed by atoms with Crippen molar-refractivity contribution in [2.24, 2.45) is 11.8 Å². The Hall–Kier alpha value is -3.42. The summed E-state index contributed by atoms with van der Waals surface area (Å²) in [6, 6.07) is 20.9. The number of ether oxygens (including phenoxy) is 2. The highest BCUT2D eigenvalue weighted by Gasteiger charge is 2.73. The molecule has 3 aliphatic heterocycles. The van der Waals surface area contributed by atoms with Crippen LogP contribution in [0.1, 0.15) is 60.8 Å². The van der Waals surface area contributed by atoms with E-state index < -0.39 is 11.0 Å². The number of likely N-dealkylation sites (tertiary alicyclic amines) is 2. The number of aliphatic hydroxyl groups is 1. The van der Waals surface area contributed by atoms with Crippen LogP contribution >= 0.6 is 0 Å². The first-order valence-electron chi connectivity index (χ1n) is 17.0. The van der Waals surface area contributed by atoms with Crippen LogP contribution in [0.4, 0.5) is 4.39 Å². The Kier molecular flexibility index (Phi) is 6.37. The molecule has 45 heavy (non-hydrogen) atoms. The molecular formula is C38H41FN2O4. The molecule has 2 saturated heterocycles. The zero-order chi connectivity index (χ0) is 30.3. The van der Waals surface area contributed by atoms with Crippen LogP contribution in [0.5, 0.6) is 11.5 Å². The molecule has 6 atom stereocenters. The molecule has 6 nitrogen and oxygen atoms in total. The standard InChI is InChI=1S/C38H41FN2O4/c39-29-11-8-24(9-12-29)20-28-15-18-41(36(28)42)30-14-16-38(43)32-21-27-10-13-31(44-23-26-4-2-1-3-5-26)34-33(27)37(38,35(30)45-34)17-19-40(32)22-25-6-7-25/h1-5,8-13,25,28,30,32,35,43H,6-7,14-23H2/t28?,30?,32-,35+,37+,38-/m1/s1. The lowest BCUT2D eigenvalue weighted by molar-refractivity contribution is -0.200. The number of hydrogen-bond acceptors (Lipinski definition) is 5. The van der Waals surface area contributed by atoms with Gasteiger partial charge in [0.25, 0.3) is 0 Å². The summed E-state index contributed by atoms with van der Waals surface area (Å²) in [6.07, 6.45) is 6.65. The largest absolute Gasteiger partial charge is 0.485 e. The van der Waals surface area contributed by atoms with Crippen LogP contribution in [0.15, 0.2) is 66.7 Å². The molecule has 9 rings (SSSR count). The van der Waals surface area contributed by atoms with Gasteiger partial charge in [0.15, 0.2) is 11.5 Å². The van der Waals surface area contributed by atoms with Crippen molar-refractivity contribution >= 4 is 5.91 Å². The maximum Gasteiger partial charge on any atom is 0.226 e. The van der Waals surface area contributed by atoms with Gasteiger partial charge < -0.3 is 19.5 Å². The fraction of sp³-hybridized carbons (Fsp3) is 0.500. The molecule has 3 heterocycles. The van der Waals surface area contributed by atoms with Crippen molar-refractivity contribution in [2.45, 2.75) is 87.2 Å². The lowest BCUT2D eigenvalue weighted by atomic mass is 9.48. The minimum absolute atomic E-state index is 0.0499. The second-order valence-corrected chi connectivity index (χ2v) is 14.5. The zero-order valence-electron chi connectivity index (χ0n) is 25.7. The Morgan fingerprint density at radius 1 is 0.933 bits per heavy atom. The average Bonchev–Trinajstić information content (AvgIpc) is 3.70. The summed E-state index contributed by atoms with van der Waals surface area (Å²) >= 11 is 0. The molecule has 6 aliphatic rings. The first-order chi connectivity index (χ1) is 21.9. The van der Waals surface area contributed by atoms with E-state index in [2.05, 4.69) is 34.1 Å². The zero-order valence-corrected chi connectivity index (χ0v) is 25.7. The van der Waals surface area contributed by atoms with Gasteiger partial charge in [-0.25, -0.2) is 4.39 Å². The molecule has 1 spiro atoms. The third-order valence-corrected chi connectivity index (χ3v) is 12.1. The molecule has 7 heteroatoms. The van der Waals surface area contributed by atoms with Gasteiger partial charge in [0.1, 0.15) is 18.5 Å². The molecular weight excluding hydrogens is 567 g/mol. The van der Waals surface area contributed by atoms with E-state index in [1.807, 2.05) is 18.2 Å². The van der Waals surface area contributed by atoms with Crippen molar-refractivity contribution in [1.29, 1.82) is 0 Å². The van der Waals surface area contributed by atoms with Gasteiger partial charge in [-0.05, 0) is 98.7 Å². The molecule has 1 amide bonds. The highest BCUT2D eigenvalue weighted by atomic mass is 19.1. The number of amides is 1. The molecule has 2 unspecified atom stereocenters. The Bertz CT molecular complexity index is 1630. The van der Waals surface area contributed by atoms with Crippen LogP contribution in [0.3, 0.4) is 0 Å². The Morgan fingerprint density at radius 3 is 2.56 bits per heavy atom. The summed E-state index contributed by atoms with van der Waals surface area (Å²) < 4.78 is 27.1. The summed E-state index contributed by atoms with van der Waals surface area (Å²) in [5, 5.41) is 13.0. The fourth-order valence-electron chi connectivity index (χ4n) is 9.80. The van der Waals surface area contributed by atoms with E-state index in [-0.39, 0.29) is 35.8 Å². The molecule has 3 aromatic rings. The van der Waals surface area contributed by atoms with Crippen LogP contribution in [0.25, 0.3) is 0 Å². The molecule has 4 fully saturated rings. The van der Waals surface area contributed by atoms with Crippen LogP contribution in [-0.2, 0) is 29.7 Å². The molecule has 3 aliphatic carbocycles. The summed E-state index contributed by atoms with van der Waals surface area (Å²) in [5.41, 5.74) is 2.98. The van der Waals surface area contributed by atoms with Crippen molar-refractivity contribution in [1.82, 2.24) is 9.80 Å². The first kappa shape index (κ1) is 27.9. The lowest BCUT2D eigenvalue weighted by Crippen LogP contribution is -2.78. The SMILES string of the molecule is O=C1C(Cc2ccc(F)cc2)CCN1C1CC[C@@]2(O)[C@H]3Cc4ccc(OCc5ccccc5)c5c4[C@@]2(CCN3CC2CC2)[C@H]1O5. The van der Waals surface area contributed by atoms with E-state index >= 15 is 0 Å². The number of carbonyl (C=O) groups excluding carboxylic acids is 1. The first-order valence-corrected chi connectivity index (χ1v) is 17.0. The van der Waals surface area contributed by atoms with Gasteiger partial charge in [0, 0.05) is 30.6 Å². The molecule has 0 aromatic heterocycles. The monoisotopic (exact) mass is 608 g/mol. The molecule has 1 N–H and O–H groups in total. The number of piperidine rings is 1. The van der Waals surface area contributed by atoms with Gasteiger partial charge in [-0.15, -0.1) is 0 Å². The normalized spacial score (nSPS) is 33.2. The average molecular weight is 609 g/mol. The number of rotatable bonds is 8. The van der Waals surface area contributed by atoms with Gasteiger partial charge in [0.2, 0.25) is 5.91 Å². The molecule has 3 aromatic carbocycles. The highest BCUT2D eigenvalue weighted by Crippen LogP contribution is 2.66. The van der Waals surface area contributed by atoms with Gasteiger partial charge in [-0.1, -0.05) is 48.5 Å². The van der Waals surface area contributed by atoms with Crippen molar-refractivity contribution in [3.8, 4) is 11.5 Å². The molecule has 2 bridgehead atoms. The predicted octanol–water partition coefficient (Wildman–Crippen LogP) is 5.43. The van der Waals surface area contributed by atoms with Crippen molar-refractivity contribution in [3.63, 3.8) is 0 Å². The minimum Gasteiger partial charge on any atom is -0.485 e. The molecule has 2 saturated carbocycles. The third-order valence-electron chi connectivity index (χ3n) is 12.1. The molecule has 0 radical (unpaired) electrons. The van der Waals surface area contributed by atoms with E-state index in [1.165, 1.54) is 30.5 Å². The van der Waals surface area contributed by atoms with E-state index in [9.17, 15) is 14.3 Å². The van der Waals surface area contributed by atoms with Crippen LogP contribution < -0.4 is 9.47 Å². The van der Waals surface area contributed by atoms with Crippen molar-refractivity contribution in [3.05, 3.63) is 94.8 Å². The Balaban J connectivity index is 1.07.